The molecule has 0 bridgehead atoms. The topological polar surface area (TPSA) is 55.1 Å². The zero-order chi connectivity index (χ0) is 14.2. The van der Waals surface area contributed by atoms with Crippen molar-refractivity contribution in [2.45, 2.75) is 12.8 Å². The molecule has 1 N–H and O–H groups in total. The van der Waals surface area contributed by atoms with Crippen LogP contribution in [0.3, 0.4) is 0 Å². The first-order valence-electron chi connectivity index (χ1n) is 7.06. The second-order valence-corrected chi connectivity index (χ2v) is 5.26. The van der Waals surface area contributed by atoms with Gasteiger partial charge < -0.3 is 9.73 Å². The standard InChI is InChI=1S/C17H14N2O2/c20-17-14(11-3-6-18-7-4-11)9-13-8-12-2-1-5-19-15(12)10-16(13)21-17/h3-4,6-10,19H,1-2,5H2. The molecule has 0 radical (unpaired) electrons. The van der Waals surface area contributed by atoms with Gasteiger partial charge in [0, 0.05) is 36.1 Å². The number of hydrogen-bond donors (Lipinski definition) is 1. The molecular weight excluding hydrogens is 264 g/mol. The number of nitrogens with one attached hydrogen (secondary N) is 1. The number of nitrogens with zero attached hydrogens (tertiary/aromatic N) is 1. The number of aromatic nitrogens is 1. The predicted molar refractivity (Wildman–Crippen MR) is 82.5 cm³/mol. The van der Waals surface area contributed by atoms with Crippen LogP contribution in [0.4, 0.5) is 5.69 Å². The summed E-state index contributed by atoms with van der Waals surface area (Å²) in [6, 6.07) is 9.59. The van der Waals surface area contributed by atoms with Gasteiger partial charge in [0.1, 0.15) is 5.58 Å². The summed E-state index contributed by atoms with van der Waals surface area (Å²) >= 11 is 0. The summed E-state index contributed by atoms with van der Waals surface area (Å²) in [5, 5.41) is 4.31. The summed E-state index contributed by atoms with van der Waals surface area (Å²) in [6.07, 6.45) is 5.54. The maximum atomic E-state index is 12.2. The van der Waals surface area contributed by atoms with Crippen LogP contribution in [0, 0.1) is 0 Å². The second-order valence-electron chi connectivity index (χ2n) is 5.26. The van der Waals surface area contributed by atoms with Crippen LogP contribution in [0.5, 0.6) is 0 Å². The lowest BCUT2D eigenvalue weighted by Crippen LogP contribution is -2.12. The van der Waals surface area contributed by atoms with Gasteiger partial charge in [0.25, 0.3) is 0 Å². The number of rotatable bonds is 1. The summed E-state index contributed by atoms with van der Waals surface area (Å²) < 4.78 is 5.50. The van der Waals surface area contributed by atoms with Crippen molar-refractivity contribution in [2.75, 3.05) is 11.9 Å². The highest BCUT2D eigenvalue weighted by atomic mass is 16.4. The van der Waals surface area contributed by atoms with Crippen molar-refractivity contribution in [3.63, 3.8) is 0 Å². The molecule has 4 heteroatoms. The van der Waals surface area contributed by atoms with Crippen LogP contribution in [-0.4, -0.2) is 11.5 Å². The van der Waals surface area contributed by atoms with E-state index >= 15 is 0 Å². The van der Waals surface area contributed by atoms with Gasteiger partial charge in [0.2, 0.25) is 0 Å². The quantitative estimate of drug-likeness (QED) is 0.694. The third-order valence-corrected chi connectivity index (χ3v) is 3.89. The average Bonchev–Trinajstić information content (AvgIpc) is 2.53. The zero-order valence-electron chi connectivity index (χ0n) is 11.4. The lowest BCUT2D eigenvalue weighted by molar-refractivity contribution is 0.563. The zero-order valence-corrected chi connectivity index (χ0v) is 11.4. The minimum absolute atomic E-state index is 0.315. The van der Waals surface area contributed by atoms with E-state index in [0.29, 0.717) is 11.1 Å². The SMILES string of the molecule is O=c1oc2cc3c(cc2cc1-c1ccncc1)CCCN3. The van der Waals surface area contributed by atoms with Crippen LogP contribution in [0.25, 0.3) is 22.1 Å². The number of anilines is 1. The maximum Gasteiger partial charge on any atom is 0.344 e. The first-order chi connectivity index (χ1) is 10.3. The number of benzene rings is 1. The molecule has 104 valence electrons. The molecular formula is C17H14N2O2. The van der Waals surface area contributed by atoms with Gasteiger partial charge >= 0.3 is 5.63 Å². The van der Waals surface area contributed by atoms with Crippen LogP contribution in [0.1, 0.15) is 12.0 Å². The molecule has 3 aromatic rings. The largest absolute Gasteiger partial charge is 0.422 e. The van der Waals surface area contributed by atoms with Crippen molar-refractivity contribution in [1.82, 2.24) is 4.98 Å². The normalized spacial score (nSPS) is 13.7. The monoisotopic (exact) mass is 278 g/mol. The van der Waals surface area contributed by atoms with Crippen molar-refractivity contribution < 1.29 is 4.42 Å². The van der Waals surface area contributed by atoms with Gasteiger partial charge in [-0.15, -0.1) is 0 Å². The van der Waals surface area contributed by atoms with E-state index in [-0.39, 0.29) is 5.63 Å². The van der Waals surface area contributed by atoms with Crippen LogP contribution < -0.4 is 10.9 Å². The molecule has 1 aliphatic heterocycles. The molecule has 21 heavy (non-hydrogen) atoms. The molecule has 2 aromatic heterocycles. The van der Waals surface area contributed by atoms with E-state index in [0.717, 1.165) is 36.0 Å². The number of pyridine rings is 1. The van der Waals surface area contributed by atoms with Crippen molar-refractivity contribution in [3.05, 3.63) is 58.7 Å². The third-order valence-electron chi connectivity index (χ3n) is 3.89. The Labute approximate surface area is 121 Å². The molecule has 1 aromatic carbocycles. The van der Waals surface area contributed by atoms with Gasteiger partial charge in [-0.05, 0) is 48.2 Å². The van der Waals surface area contributed by atoms with Crippen LogP contribution in [-0.2, 0) is 6.42 Å². The lowest BCUT2D eigenvalue weighted by Gasteiger charge is -2.18. The van der Waals surface area contributed by atoms with Gasteiger partial charge in [-0.3, -0.25) is 4.98 Å². The van der Waals surface area contributed by atoms with E-state index in [1.54, 1.807) is 12.4 Å². The fourth-order valence-electron chi connectivity index (χ4n) is 2.82. The minimum Gasteiger partial charge on any atom is -0.422 e. The lowest BCUT2D eigenvalue weighted by atomic mass is 10.00. The van der Waals surface area contributed by atoms with Gasteiger partial charge in [-0.2, -0.15) is 0 Å². The van der Waals surface area contributed by atoms with Crippen LogP contribution in [0.15, 0.2) is 51.9 Å². The number of fused-ring (bicyclic) bond motifs is 2. The van der Waals surface area contributed by atoms with Gasteiger partial charge in [-0.25, -0.2) is 4.79 Å². The van der Waals surface area contributed by atoms with E-state index < -0.39 is 0 Å². The Bertz CT molecular complexity index is 869. The summed E-state index contributed by atoms with van der Waals surface area (Å²) in [5.41, 5.74) is 4.08. The minimum atomic E-state index is -0.315. The third kappa shape index (κ3) is 2.09. The molecule has 0 atom stereocenters. The average molecular weight is 278 g/mol. The molecule has 0 spiro atoms. The summed E-state index contributed by atoms with van der Waals surface area (Å²) in [4.78, 5) is 16.2. The second kappa shape index (κ2) is 4.74. The van der Waals surface area contributed by atoms with E-state index in [1.165, 1.54) is 5.56 Å². The van der Waals surface area contributed by atoms with Crippen molar-refractivity contribution >= 4 is 16.7 Å². The smallest absolute Gasteiger partial charge is 0.344 e. The fourth-order valence-corrected chi connectivity index (χ4v) is 2.82. The van der Waals surface area contributed by atoms with Gasteiger partial charge in [0.05, 0.1) is 5.56 Å². The number of aryl methyl sites for hydroxylation is 1. The Kier molecular flexibility index (Phi) is 2.74. The molecule has 4 nitrogen and oxygen atoms in total. The van der Waals surface area contributed by atoms with Crippen molar-refractivity contribution in [1.29, 1.82) is 0 Å². The Morgan fingerprint density at radius 1 is 1.14 bits per heavy atom. The molecule has 4 rings (SSSR count). The molecule has 0 saturated heterocycles. The van der Waals surface area contributed by atoms with Crippen molar-refractivity contribution in [3.8, 4) is 11.1 Å². The number of hydrogen-bond acceptors (Lipinski definition) is 4. The van der Waals surface area contributed by atoms with E-state index in [2.05, 4.69) is 16.4 Å². The molecule has 0 saturated carbocycles. The van der Waals surface area contributed by atoms with E-state index in [9.17, 15) is 4.79 Å². The fraction of sp³-hybridized carbons (Fsp3) is 0.176. The predicted octanol–water partition coefficient (Wildman–Crippen LogP) is 3.21. The summed E-state index contributed by atoms with van der Waals surface area (Å²) in [6.45, 7) is 0.970. The van der Waals surface area contributed by atoms with Gasteiger partial charge in [0.15, 0.2) is 0 Å². The van der Waals surface area contributed by atoms with Gasteiger partial charge in [-0.1, -0.05) is 0 Å². The molecule has 0 unspecified atom stereocenters. The summed E-state index contributed by atoms with van der Waals surface area (Å²) in [5.74, 6) is 0. The molecule has 0 amide bonds. The summed E-state index contributed by atoms with van der Waals surface area (Å²) in [7, 11) is 0. The van der Waals surface area contributed by atoms with E-state index in [1.807, 2.05) is 24.3 Å². The Morgan fingerprint density at radius 3 is 2.86 bits per heavy atom. The Hall–Kier alpha value is -2.62. The highest BCUT2D eigenvalue weighted by molar-refractivity contribution is 5.86. The highest BCUT2D eigenvalue weighted by Crippen LogP contribution is 2.29. The van der Waals surface area contributed by atoms with Crippen LogP contribution in [0.2, 0.25) is 0 Å². The maximum absolute atomic E-state index is 12.2. The Morgan fingerprint density at radius 2 is 2.00 bits per heavy atom. The Balaban J connectivity index is 1.95. The first kappa shape index (κ1) is 12.1. The van der Waals surface area contributed by atoms with Crippen molar-refractivity contribution in [2.24, 2.45) is 0 Å². The first-order valence-corrected chi connectivity index (χ1v) is 7.06. The van der Waals surface area contributed by atoms with Crippen LogP contribution >= 0.6 is 0 Å². The molecule has 0 fully saturated rings. The molecule has 1 aliphatic rings. The van der Waals surface area contributed by atoms with E-state index in [4.69, 9.17) is 4.42 Å². The molecule has 0 aliphatic carbocycles. The highest BCUT2D eigenvalue weighted by Gasteiger charge is 2.13. The molecule has 3 heterocycles.